The Morgan fingerprint density at radius 3 is 2.83 bits per heavy atom. The lowest BCUT2D eigenvalue weighted by molar-refractivity contribution is 0.0678. The molecule has 0 aliphatic heterocycles. The van der Waals surface area contributed by atoms with Crippen molar-refractivity contribution < 1.29 is 8.78 Å². The quantitative estimate of drug-likeness (QED) is 0.530. The highest BCUT2D eigenvalue weighted by Crippen LogP contribution is 2.23. The van der Waals surface area contributed by atoms with Gasteiger partial charge in [0, 0.05) is 18.9 Å². The average Bonchev–Trinajstić information content (AvgIpc) is 3.02. The molecule has 3 rings (SSSR count). The van der Waals surface area contributed by atoms with Crippen molar-refractivity contribution in [2.45, 2.75) is 30.9 Å². The van der Waals surface area contributed by atoms with Gasteiger partial charge >= 0.3 is 6.55 Å². The van der Waals surface area contributed by atoms with Gasteiger partial charge in [0.2, 0.25) is 0 Å². The first-order chi connectivity index (χ1) is 11.1. The van der Waals surface area contributed by atoms with Gasteiger partial charge in [-0.1, -0.05) is 23.9 Å². The van der Waals surface area contributed by atoms with Crippen LogP contribution in [0.1, 0.15) is 19.3 Å². The first-order valence-electron chi connectivity index (χ1n) is 7.04. The number of nitrogens with zero attached hydrogens (tertiary/aromatic N) is 4. The minimum atomic E-state index is -2.63. The summed E-state index contributed by atoms with van der Waals surface area (Å²) in [5.74, 6) is 0.456. The second-order valence-corrected chi connectivity index (χ2v) is 5.72. The summed E-state index contributed by atoms with van der Waals surface area (Å²) in [4.78, 5) is 20.9. The van der Waals surface area contributed by atoms with E-state index in [9.17, 15) is 13.6 Å². The van der Waals surface area contributed by atoms with Gasteiger partial charge < -0.3 is 0 Å². The Bertz CT molecular complexity index is 891. The molecule has 0 saturated carbocycles. The number of rotatable bonds is 5. The molecule has 0 radical (unpaired) electrons. The van der Waals surface area contributed by atoms with Crippen LogP contribution in [0, 0.1) is 0 Å². The van der Waals surface area contributed by atoms with Gasteiger partial charge in [-0.2, -0.15) is 8.78 Å². The van der Waals surface area contributed by atoms with E-state index in [4.69, 9.17) is 0 Å². The van der Waals surface area contributed by atoms with Crippen LogP contribution in [0.5, 0.6) is 0 Å². The van der Waals surface area contributed by atoms with Gasteiger partial charge in [-0.05, 0) is 19.1 Å². The number of para-hydroxylation sites is 1. The van der Waals surface area contributed by atoms with E-state index in [2.05, 4.69) is 9.97 Å². The fourth-order valence-electron chi connectivity index (χ4n) is 2.30. The Kier molecular flexibility index (Phi) is 4.42. The Hall–Kier alpha value is -2.22. The summed E-state index contributed by atoms with van der Waals surface area (Å²) < 4.78 is 28.0. The number of halogens is 2. The summed E-state index contributed by atoms with van der Waals surface area (Å²) in [7, 11) is 0. The third-order valence-corrected chi connectivity index (χ3v) is 4.40. The van der Waals surface area contributed by atoms with Gasteiger partial charge in [-0.3, -0.25) is 13.9 Å². The lowest BCUT2D eigenvalue weighted by atomic mass is 10.2. The number of alkyl halides is 2. The van der Waals surface area contributed by atoms with E-state index in [0.29, 0.717) is 22.6 Å². The molecule has 0 amide bonds. The van der Waals surface area contributed by atoms with Gasteiger partial charge in [0.1, 0.15) is 5.82 Å². The monoisotopic (exact) mass is 336 g/mol. The van der Waals surface area contributed by atoms with Crippen LogP contribution in [0.2, 0.25) is 0 Å². The molecule has 2 aromatic heterocycles. The van der Waals surface area contributed by atoms with Crippen LogP contribution in [0.3, 0.4) is 0 Å². The highest BCUT2D eigenvalue weighted by Gasteiger charge is 2.14. The maximum Gasteiger partial charge on any atom is 0.319 e. The Morgan fingerprint density at radius 2 is 2.09 bits per heavy atom. The molecule has 0 N–H and O–H groups in total. The van der Waals surface area contributed by atoms with Crippen LogP contribution in [-0.2, 0) is 12.3 Å². The fraction of sp³-hybridized carbons (Fsp3) is 0.267. The zero-order valence-electron chi connectivity index (χ0n) is 12.3. The van der Waals surface area contributed by atoms with Crippen molar-refractivity contribution in [3.63, 3.8) is 0 Å². The third kappa shape index (κ3) is 2.98. The van der Waals surface area contributed by atoms with Crippen LogP contribution >= 0.6 is 11.8 Å². The van der Waals surface area contributed by atoms with E-state index in [1.165, 1.54) is 24.2 Å². The summed E-state index contributed by atoms with van der Waals surface area (Å²) in [5, 5.41) is 1.05. The smallest absolute Gasteiger partial charge is 0.287 e. The molecular weight excluding hydrogens is 322 g/mol. The van der Waals surface area contributed by atoms with Crippen LogP contribution < -0.4 is 5.56 Å². The van der Waals surface area contributed by atoms with Gasteiger partial charge in [-0.25, -0.2) is 9.97 Å². The molecule has 2 heterocycles. The first kappa shape index (κ1) is 15.7. The lowest BCUT2D eigenvalue weighted by Gasteiger charge is -2.11. The van der Waals surface area contributed by atoms with Crippen molar-refractivity contribution in [2.24, 2.45) is 0 Å². The van der Waals surface area contributed by atoms with Crippen LogP contribution in [0.4, 0.5) is 8.78 Å². The van der Waals surface area contributed by atoms with Gasteiger partial charge in [0.15, 0.2) is 5.16 Å². The SMILES string of the molecule is CCn1c(SCc2nccn2C(F)F)nc2ccccc2c1=O. The number of thioether (sulfide) groups is 1. The van der Waals surface area contributed by atoms with Crippen molar-refractivity contribution in [2.75, 3.05) is 0 Å². The molecule has 0 spiro atoms. The van der Waals surface area contributed by atoms with E-state index < -0.39 is 6.55 Å². The van der Waals surface area contributed by atoms with Gasteiger partial charge in [0.05, 0.1) is 16.7 Å². The van der Waals surface area contributed by atoms with Crippen molar-refractivity contribution >= 4 is 22.7 Å². The summed E-state index contributed by atoms with van der Waals surface area (Å²) in [6.07, 6.45) is 2.57. The predicted molar refractivity (Wildman–Crippen MR) is 84.7 cm³/mol. The zero-order chi connectivity index (χ0) is 16.4. The second-order valence-electron chi connectivity index (χ2n) is 4.78. The molecule has 5 nitrogen and oxygen atoms in total. The van der Waals surface area contributed by atoms with Crippen molar-refractivity contribution in [3.05, 3.63) is 52.8 Å². The van der Waals surface area contributed by atoms with Crippen LogP contribution in [-0.4, -0.2) is 19.1 Å². The van der Waals surface area contributed by atoms with Crippen LogP contribution in [0.25, 0.3) is 10.9 Å². The van der Waals surface area contributed by atoms with E-state index in [1.807, 2.05) is 13.0 Å². The molecule has 1 aromatic carbocycles. The Labute approximate surface area is 135 Å². The zero-order valence-corrected chi connectivity index (χ0v) is 13.1. The van der Waals surface area contributed by atoms with E-state index in [-0.39, 0.29) is 17.1 Å². The van der Waals surface area contributed by atoms with E-state index >= 15 is 0 Å². The summed E-state index contributed by atoms with van der Waals surface area (Å²) in [5.41, 5.74) is 0.472. The number of hydrogen-bond donors (Lipinski definition) is 0. The normalized spacial score (nSPS) is 11.5. The topological polar surface area (TPSA) is 52.7 Å². The highest BCUT2D eigenvalue weighted by molar-refractivity contribution is 7.98. The minimum absolute atomic E-state index is 0.127. The molecule has 0 unspecified atom stereocenters. The number of aromatic nitrogens is 4. The van der Waals surface area contributed by atoms with E-state index in [1.54, 1.807) is 22.8 Å². The van der Waals surface area contributed by atoms with Crippen molar-refractivity contribution in [1.29, 1.82) is 0 Å². The predicted octanol–water partition coefficient (Wildman–Crippen LogP) is 3.30. The molecule has 23 heavy (non-hydrogen) atoms. The summed E-state index contributed by atoms with van der Waals surface area (Å²) >= 11 is 1.23. The third-order valence-electron chi connectivity index (χ3n) is 3.43. The van der Waals surface area contributed by atoms with Crippen molar-refractivity contribution in [3.8, 4) is 0 Å². The molecule has 0 saturated heterocycles. The second kappa shape index (κ2) is 6.49. The maximum atomic E-state index is 12.8. The summed E-state index contributed by atoms with van der Waals surface area (Å²) in [6.45, 7) is -0.323. The average molecular weight is 336 g/mol. The van der Waals surface area contributed by atoms with Crippen LogP contribution in [0.15, 0.2) is 46.6 Å². The number of fused-ring (bicyclic) bond motifs is 1. The summed E-state index contributed by atoms with van der Waals surface area (Å²) in [6, 6.07) is 7.09. The number of hydrogen-bond acceptors (Lipinski definition) is 4. The first-order valence-corrected chi connectivity index (χ1v) is 8.02. The lowest BCUT2D eigenvalue weighted by Crippen LogP contribution is -2.22. The molecule has 0 bridgehead atoms. The Morgan fingerprint density at radius 1 is 1.30 bits per heavy atom. The largest absolute Gasteiger partial charge is 0.319 e. The molecule has 0 aliphatic rings. The fourth-order valence-corrected chi connectivity index (χ4v) is 3.31. The number of imidazole rings is 1. The molecule has 0 atom stereocenters. The standard InChI is InChI=1S/C15H14F2N4OS/c1-2-20-13(22)10-5-3-4-6-11(10)19-15(20)23-9-12-18-7-8-21(12)14(16)17/h3-8,14H,2,9H2,1H3. The van der Waals surface area contributed by atoms with Gasteiger partial charge in [0.25, 0.3) is 5.56 Å². The van der Waals surface area contributed by atoms with Gasteiger partial charge in [-0.15, -0.1) is 0 Å². The minimum Gasteiger partial charge on any atom is -0.287 e. The maximum absolute atomic E-state index is 12.8. The Balaban J connectivity index is 1.96. The van der Waals surface area contributed by atoms with E-state index in [0.717, 1.165) is 4.57 Å². The highest BCUT2D eigenvalue weighted by atomic mass is 32.2. The molecule has 0 aliphatic carbocycles. The molecular formula is C15H14F2N4OS. The van der Waals surface area contributed by atoms with Crippen molar-refractivity contribution in [1.82, 2.24) is 19.1 Å². The molecule has 8 heteroatoms. The molecule has 0 fully saturated rings. The molecule has 3 aromatic rings. The number of benzene rings is 1. The molecule has 120 valence electrons.